The van der Waals surface area contributed by atoms with Gasteiger partial charge in [0.05, 0.1) is 47.0 Å². The van der Waals surface area contributed by atoms with Crippen molar-refractivity contribution in [3.63, 3.8) is 0 Å². The second kappa shape index (κ2) is 24.7. The van der Waals surface area contributed by atoms with Gasteiger partial charge >= 0.3 is 23.9 Å². The fraction of sp³-hybridized carbons (Fsp3) is 0.344. The number of aromatic carboxylic acids is 1. The van der Waals surface area contributed by atoms with E-state index in [1.54, 1.807) is 32.0 Å². The smallest absolute Gasteiger partial charge is 0.337 e. The van der Waals surface area contributed by atoms with Crippen molar-refractivity contribution in [2.75, 3.05) is 48.8 Å². The molecule has 6 aromatic carbocycles. The zero-order valence-electron chi connectivity index (χ0n) is 45.4. The topological polar surface area (TPSA) is 248 Å². The molecule has 0 spiro atoms. The van der Waals surface area contributed by atoms with Gasteiger partial charge in [0, 0.05) is 58.2 Å². The summed E-state index contributed by atoms with van der Waals surface area (Å²) in [6.07, 6.45) is 8.73. The van der Waals surface area contributed by atoms with Gasteiger partial charge in [0.2, 0.25) is 0 Å². The van der Waals surface area contributed by atoms with Crippen molar-refractivity contribution in [2.24, 2.45) is 5.73 Å². The molecule has 9 N–H and O–H groups in total. The number of amides is 2. The van der Waals surface area contributed by atoms with Crippen molar-refractivity contribution < 1.29 is 48.5 Å². The number of carboxylic acid groups (broad SMARTS) is 2. The number of anilines is 3. The van der Waals surface area contributed by atoms with Crippen LogP contribution in [0.3, 0.4) is 0 Å². The zero-order valence-corrected chi connectivity index (χ0v) is 45.4. The third kappa shape index (κ3) is 12.2. The number of esters is 2. The average Bonchev–Trinajstić information content (AvgIpc) is 4.22. The molecule has 80 heavy (non-hydrogen) atoms. The predicted octanol–water partition coefficient (Wildman–Crippen LogP) is 8.06. The van der Waals surface area contributed by atoms with Gasteiger partial charge in [0.1, 0.15) is 16.6 Å². The molecule has 0 saturated carbocycles. The monoisotopic (exact) mass is 1080 g/mol. The van der Waals surface area contributed by atoms with Crippen molar-refractivity contribution in [1.29, 1.82) is 0 Å². The van der Waals surface area contributed by atoms with Crippen LogP contribution in [0.25, 0.3) is 0 Å². The number of carbonyl (C=O) groups is 6. The van der Waals surface area contributed by atoms with E-state index in [0.29, 0.717) is 61.8 Å². The molecule has 3 heterocycles. The van der Waals surface area contributed by atoms with Crippen LogP contribution in [0.1, 0.15) is 114 Å². The number of hydrogen-bond acceptors (Lipinski definition) is 12. The Morgan fingerprint density at radius 3 is 1.15 bits per heavy atom. The van der Waals surface area contributed by atoms with E-state index in [9.17, 15) is 33.9 Å². The Labute approximate surface area is 466 Å². The summed E-state index contributed by atoms with van der Waals surface area (Å²) in [4.78, 5) is 73.5. The molecule has 0 bridgehead atoms. The Morgan fingerprint density at radius 2 is 0.775 bits per heavy atom. The molecule has 0 radical (unpaired) electrons. The number of nitrogens with two attached hydrogens (primary N) is 1. The first-order valence-electron chi connectivity index (χ1n) is 27.7. The molecule has 3 aliphatic heterocycles. The third-order valence-corrected chi connectivity index (χ3v) is 15.7. The second-order valence-corrected chi connectivity index (χ2v) is 21.3. The van der Waals surface area contributed by atoms with Crippen molar-refractivity contribution in [2.45, 2.75) is 108 Å². The molecule has 0 saturated heterocycles. The summed E-state index contributed by atoms with van der Waals surface area (Å²) < 4.78 is 10.3. The molecule has 2 amide bonds. The minimum Gasteiger partial charge on any atom is -0.479 e. The molecule has 16 nitrogen and oxygen atoms in total. The number of ether oxygens (including phenoxy) is 2. The Kier molecular flexibility index (Phi) is 17.3. The number of aryl methyl sites for hydroxylation is 3. The number of fused-ring (bicyclic) bond motifs is 6. The van der Waals surface area contributed by atoms with Gasteiger partial charge < -0.3 is 52.0 Å². The highest BCUT2D eigenvalue weighted by molar-refractivity contribution is 6.04. The number of aliphatic carboxylic acids is 1. The van der Waals surface area contributed by atoms with Crippen molar-refractivity contribution >= 4 is 52.8 Å². The first kappa shape index (κ1) is 56.2. The summed E-state index contributed by atoms with van der Waals surface area (Å²) in [5, 5.41) is 34.4. The van der Waals surface area contributed by atoms with Gasteiger partial charge in [-0.3, -0.25) is 14.4 Å². The standard InChI is InChI=1S/C22H24N2O3.C20H20N2O3.C12H15NO2.C10H11NO2/c1-2-27-21(26)22(13-16-7-3-4-8-17(16)14-22)24-20(25)18-11-5-9-15-10-6-12-23-19(15)18;23-18(16-9-3-7-13-8-4-10-21-17(13)16)22-20(19(24)25)11-14-5-1-2-6-15(14)12-20;1-2-15-11(14)12(13)7-9-5-3-4-6-10(9)8-12;12-10(13)8-5-1-3-7-4-2-6-11-9(7)8/h3-5,7-9,11,23H,2,6,10,12-14H2,1H3,(H,24,25);1-3,5-7,9,21H,4,8,10-12H2,(H,22,23)(H,24,25);3-6H,2,7-8,13H2,1H3;1,3,5,11H,2,4,6H2,(H,12,13). The van der Waals surface area contributed by atoms with E-state index in [2.05, 4.69) is 26.6 Å². The minimum atomic E-state index is -1.28. The van der Waals surface area contributed by atoms with E-state index in [0.717, 1.165) is 125 Å². The van der Waals surface area contributed by atoms with Gasteiger partial charge in [-0.15, -0.1) is 0 Å². The molecule has 16 heteroatoms. The second-order valence-electron chi connectivity index (χ2n) is 21.3. The summed E-state index contributed by atoms with van der Waals surface area (Å²) in [5.41, 5.74) is 16.7. The molecule has 416 valence electrons. The van der Waals surface area contributed by atoms with Crippen LogP contribution in [0, 0.1) is 0 Å². The highest BCUT2D eigenvalue weighted by Crippen LogP contribution is 2.35. The minimum absolute atomic E-state index is 0.234. The fourth-order valence-electron chi connectivity index (χ4n) is 11.8. The largest absolute Gasteiger partial charge is 0.479 e. The van der Waals surface area contributed by atoms with Crippen LogP contribution in [-0.2, 0) is 81.6 Å². The lowest BCUT2D eigenvalue weighted by molar-refractivity contribution is -0.150. The summed E-state index contributed by atoms with van der Waals surface area (Å²) in [6.45, 7) is 6.80. The Bertz CT molecular complexity index is 3240. The molecule has 0 aromatic heterocycles. The summed E-state index contributed by atoms with van der Waals surface area (Å²) in [7, 11) is 0. The number of carbonyl (C=O) groups excluding carboxylic acids is 4. The highest BCUT2D eigenvalue weighted by atomic mass is 16.5. The third-order valence-electron chi connectivity index (χ3n) is 15.7. The van der Waals surface area contributed by atoms with Crippen LogP contribution in [0.2, 0.25) is 0 Å². The maximum Gasteiger partial charge on any atom is 0.337 e. The highest BCUT2D eigenvalue weighted by Gasteiger charge is 2.48. The molecule has 12 rings (SSSR count). The SMILES string of the molecule is CCOC(=O)C1(N)Cc2ccccc2C1.CCOC(=O)C1(NC(=O)c2cccc3c2NCCC3)Cc2ccccc2C1.O=C(NC1(C(=O)O)Cc2ccccc2C1)c1cccc2c1NCCC2.O=C(O)c1cccc2c1NCCC2. The van der Waals surface area contributed by atoms with Gasteiger partial charge in [-0.2, -0.15) is 0 Å². The lowest BCUT2D eigenvalue weighted by Gasteiger charge is -2.29. The van der Waals surface area contributed by atoms with Crippen LogP contribution >= 0.6 is 0 Å². The van der Waals surface area contributed by atoms with Crippen LogP contribution in [-0.4, -0.2) is 95.4 Å². The van der Waals surface area contributed by atoms with E-state index in [1.165, 1.54) is 0 Å². The van der Waals surface area contributed by atoms with E-state index < -0.39 is 28.6 Å². The van der Waals surface area contributed by atoms with Gasteiger partial charge in [-0.1, -0.05) is 109 Å². The summed E-state index contributed by atoms with van der Waals surface area (Å²) in [5.74, 6) is -3.07. The van der Waals surface area contributed by atoms with Crippen LogP contribution < -0.4 is 32.3 Å². The number of rotatable bonds is 10. The number of carboxylic acids is 2. The molecule has 6 aromatic rings. The predicted molar refractivity (Wildman–Crippen MR) is 306 cm³/mol. The lowest BCUT2D eigenvalue weighted by Crippen LogP contribution is -2.56. The average molecular weight is 1080 g/mol. The fourth-order valence-corrected chi connectivity index (χ4v) is 11.8. The summed E-state index contributed by atoms with van der Waals surface area (Å²) in [6, 6.07) is 40.4. The van der Waals surface area contributed by atoms with E-state index in [4.69, 9.17) is 20.3 Å². The van der Waals surface area contributed by atoms with Crippen molar-refractivity contribution in [1.82, 2.24) is 10.6 Å². The molecular formula is C64H70N6O10. The zero-order chi connectivity index (χ0) is 56.4. The number of hydrogen-bond donors (Lipinski definition) is 8. The van der Waals surface area contributed by atoms with Crippen LogP contribution in [0.4, 0.5) is 17.1 Å². The van der Waals surface area contributed by atoms with Crippen LogP contribution in [0.5, 0.6) is 0 Å². The quantitative estimate of drug-likeness (QED) is 0.0605. The lowest BCUT2D eigenvalue weighted by atomic mass is 9.93. The molecular weight excluding hydrogens is 1010 g/mol. The first-order chi connectivity index (χ1) is 38.7. The van der Waals surface area contributed by atoms with E-state index in [1.807, 2.05) is 109 Å². The Balaban J connectivity index is 0.000000135. The first-order valence-corrected chi connectivity index (χ1v) is 27.7. The Hall–Kier alpha value is -8.50. The van der Waals surface area contributed by atoms with E-state index >= 15 is 0 Å². The van der Waals surface area contributed by atoms with Crippen LogP contribution in [0.15, 0.2) is 127 Å². The Morgan fingerprint density at radius 1 is 0.450 bits per heavy atom. The van der Waals surface area contributed by atoms with Crippen molar-refractivity contribution in [3.8, 4) is 0 Å². The molecule has 0 unspecified atom stereocenters. The molecule has 0 atom stereocenters. The van der Waals surface area contributed by atoms with Gasteiger partial charge in [0.15, 0.2) is 0 Å². The molecule has 3 aliphatic carbocycles. The number of nitrogens with one attached hydrogen (secondary N) is 5. The molecule has 6 aliphatic rings. The van der Waals surface area contributed by atoms with Gasteiger partial charge in [-0.05, 0) is 121 Å². The molecule has 0 fully saturated rings. The van der Waals surface area contributed by atoms with Gasteiger partial charge in [-0.25, -0.2) is 14.4 Å². The maximum atomic E-state index is 13.2. The number of benzene rings is 6. The maximum absolute atomic E-state index is 13.2. The van der Waals surface area contributed by atoms with Gasteiger partial charge in [0.25, 0.3) is 11.8 Å². The number of para-hydroxylation sites is 3. The summed E-state index contributed by atoms with van der Waals surface area (Å²) >= 11 is 0. The van der Waals surface area contributed by atoms with E-state index in [-0.39, 0.29) is 30.4 Å². The normalized spacial score (nSPS) is 16.5. The van der Waals surface area contributed by atoms with Crippen molar-refractivity contribution in [3.05, 3.63) is 194 Å².